The standard InChI is InChI=1S/C13H12ClFN4O/c1-6-7(2)18-19-13(11(6)12(16)17)20-10-4-3-8(15)5-9(10)14/h3-5H,1-2H3,(H3,16,17). The van der Waals surface area contributed by atoms with E-state index >= 15 is 0 Å². The van der Waals surface area contributed by atoms with E-state index in [0.717, 1.165) is 6.07 Å². The zero-order chi connectivity index (χ0) is 14.9. The lowest BCUT2D eigenvalue weighted by molar-refractivity contribution is 0.451. The molecule has 0 spiro atoms. The number of hydrogen-bond donors (Lipinski definition) is 2. The minimum Gasteiger partial charge on any atom is -0.435 e. The predicted molar refractivity (Wildman–Crippen MR) is 74.0 cm³/mol. The first-order chi connectivity index (χ1) is 9.40. The van der Waals surface area contributed by atoms with Crippen molar-refractivity contribution in [3.8, 4) is 11.6 Å². The molecule has 0 aliphatic carbocycles. The molecule has 2 aromatic rings. The summed E-state index contributed by atoms with van der Waals surface area (Å²) in [5.41, 5.74) is 7.23. The molecule has 104 valence electrons. The van der Waals surface area contributed by atoms with E-state index in [1.807, 2.05) is 0 Å². The number of nitrogen functional groups attached to an aromatic ring is 1. The molecule has 0 unspecified atom stereocenters. The fourth-order valence-electron chi connectivity index (χ4n) is 1.64. The Kier molecular flexibility index (Phi) is 3.85. The maximum Gasteiger partial charge on any atom is 0.250 e. The van der Waals surface area contributed by atoms with Crippen LogP contribution in [0.25, 0.3) is 0 Å². The van der Waals surface area contributed by atoms with Gasteiger partial charge in [0.2, 0.25) is 5.88 Å². The Morgan fingerprint density at radius 1 is 1.35 bits per heavy atom. The van der Waals surface area contributed by atoms with Crippen LogP contribution in [0.4, 0.5) is 4.39 Å². The van der Waals surface area contributed by atoms with Crippen LogP contribution in [-0.2, 0) is 0 Å². The fourth-order valence-corrected chi connectivity index (χ4v) is 1.84. The topological polar surface area (TPSA) is 84.9 Å². The van der Waals surface area contributed by atoms with E-state index in [0.29, 0.717) is 16.8 Å². The van der Waals surface area contributed by atoms with Crippen molar-refractivity contribution in [1.82, 2.24) is 10.2 Å². The maximum absolute atomic E-state index is 13.0. The number of aryl methyl sites for hydroxylation is 1. The van der Waals surface area contributed by atoms with E-state index in [1.54, 1.807) is 13.8 Å². The second kappa shape index (κ2) is 5.42. The highest BCUT2D eigenvalue weighted by Crippen LogP contribution is 2.31. The molecular weight excluding hydrogens is 283 g/mol. The zero-order valence-electron chi connectivity index (χ0n) is 10.9. The highest BCUT2D eigenvalue weighted by molar-refractivity contribution is 6.32. The zero-order valence-corrected chi connectivity index (χ0v) is 11.6. The molecular formula is C13H12ClFN4O. The molecule has 0 atom stereocenters. The van der Waals surface area contributed by atoms with Crippen molar-refractivity contribution in [3.05, 3.63) is 45.9 Å². The van der Waals surface area contributed by atoms with Crippen LogP contribution in [0.2, 0.25) is 5.02 Å². The normalized spacial score (nSPS) is 10.4. The minimum absolute atomic E-state index is 0.0640. The molecule has 2 rings (SSSR count). The minimum atomic E-state index is -0.472. The van der Waals surface area contributed by atoms with Gasteiger partial charge in [0.25, 0.3) is 0 Å². The summed E-state index contributed by atoms with van der Waals surface area (Å²) in [6.45, 7) is 3.52. The van der Waals surface area contributed by atoms with Gasteiger partial charge in [0.05, 0.1) is 16.3 Å². The lowest BCUT2D eigenvalue weighted by Gasteiger charge is -2.12. The van der Waals surface area contributed by atoms with Gasteiger partial charge in [-0.15, -0.1) is 5.10 Å². The molecule has 0 saturated carbocycles. The fraction of sp³-hybridized carbons (Fsp3) is 0.154. The number of benzene rings is 1. The Labute approximate surface area is 120 Å². The van der Waals surface area contributed by atoms with Crippen molar-refractivity contribution in [3.63, 3.8) is 0 Å². The number of nitrogens with two attached hydrogens (primary N) is 1. The summed E-state index contributed by atoms with van der Waals surface area (Å²) in [7, 11) is 0. The number of hydrogen-bond acceptors (Lipinski definition) is 4. The van der Waals surface area contributed by atoms with E-state index in [4.69, 9.17) is 27.5 Å². The van der Waals surface area contributed by atoms with Gasteiger partial charge < -0.3 is 10.5 Å². The number of aromatic nitrogens is 2. The molecule has 20 heavy (non-hydrogen) atoms. The van der Waals surface area contributed by atoms with Gasteiger partial charge >= 0.3 is 0 Å². The van der Waals surface area contributed by atoms with Gasteiger partial charge in [-0.25, -0.2) is 4.39 Å². The monoisotopic (exact) mass is 294 g/mol. The van der Waals surface area contributed by atoms with Gasteiger partial charge in [-0.1, -0.05) is 11.6 Å². The third kappa shape index (κ3) is 2.70. The summed E-state index contributed by atoms with van der Waals surface area (Å²) < 4.78 is 18.5. The summed E-state index contributed by atoms with van der Waals surface area (Å²) in [5, 5.41) is 15.5. The van der Waals surface area contributed by atoms with E-state index in [1.165, 1.54) is 12.1 Å². The third-order valence-electron chi connectivity index (χ3n) is 2.79. The van der Waals surface area contributed by atoms with Crippen LogP contribution in [-0.4, -0.2) is 16.0 Å². The Morgan fingerprint density at radius 3 is 2.65 bits per heavy atom. The van der Waals surface area contributed by atoms with E-state index in [9.17, 15) is 4.39 Å². The highest BCUT2D eigenvalue weighted by atomic mass is 35.5. The predicted octanol–water partition coefficient (Wildman–Crippen LogP) is 2.96. The number of nitrogens with one attached hydrogen (secondary N) is 1. The van der Waals surface area contributed by atoms with Gasteiger partial charge in [-0.05, 0) is 37.6 Å². The molecule has 5 nitrogen and oxygen atoms in total. The molecule has 0 fully saturated rings. The van der Waals surface area contributed by atoms with Crippen LogP contribution in [0.15, 0.2) is 18.2 Å². The summed E-state index contributed by atoms with van der Waals surface area (Å²) in [4.78, 5) is 0. The van der Waals surface area contributed by atoms with Gasteiger partial charge in [0, 0.05) is 0 Å². The number of ether oxygens (including phenoxy) is 1. The lowest BCUT2D eigenvalue weighted by atomic mass is 10.1. The molecule has 7 heteroatoms. The average Bonchev–Trinajstić information content (AvgIpc) is 2.36. The van der Waals surface area contributed by atoms with Crippen molar-refractivity contribution in [2.24, 2.45) is 5.73 Å². The number of nitrogens with zero attached hydrogens (tertiary/aromatic N) is 2. The molecule has 0 radical (unpaired) electrons. The largest absolute Gasteiger partial charge is 0.435 e. The average molecular weight is 295 g/mol. The molecule has 0 amide bonds. The van der Waals surface area contributed by atoms with Gasteiger partial charge in [0.1, 0.15) is 17.4 Å². The second-order valence-corrected chi connectivity index (χ2v) is 4.59. The molecule has 0 saturated heterocycles. The molecule has 3 N–H and O–H groups in total. The first-order valence-corrected chi connectivity index (χ1v) is 6.09. The quantitative estimate of drug-likeness (QED) is 0.673. The van der Waals surface area contributed by atoms with Crippen molar-refractivity contribution < 1.29 is 9.13 Å². The number of halogens is 2. The van der Waals surface area contributed by atoms with Gasteiger partial charge in [0.15, 0.2) is 0 Å². The SMILES string of the molecule is Cc1nnc(Oc2ccc(F)cc2Cl)c(C(=N)N)c1C. The molecule has 0 aliphatic heterocycles. The molecule has 1 aromatic heterocycles. The first-order valence-electron chi connectivity index (χ1n) is 5.71. The summed E-state index contributed by atoms with van der Waals surface area (Å²) in [6.07, 6.45) is 0. The molecule has 1 heterocycles. The van der Waals surface area contributed by atoms with Crippen LogP contribution in [0.5, 0.6) is 11.6 Å². The van der Waals surface area contributed by atoms with Crippen LogP contribution in [0.3, 0.4) is 0 Å². The van der Waals surface area contributed by atoms with Crippen LogP contribution < -0.4 is 10.5 Å². The number of rotatable bonds is 3. The summed E-state index contributed by atoms with van der Waals surface area (Å²) in [5.74, 6) is -0.378. The van der Waals surface area contributed by atoms with Crippen LogP contribution >= 0.6 is 11.6 Å². The highest BCUT2D eigenvalue weighted by Gasteiger charge is 2.17. The third-order valence-corrected chi connectivity index (χ3v) is 3.09. The summed E-state index contributed by atoms with van der Waals surface area (Å²) >= 11 is 5.88. The van der Waals surface area contributed by atoms with Gasteiger partial charge in [-0.3, -0.25) is 5.41 Å². The Hall–Kier alpha value is -2.21. The van der Waals surface area contributed by atoms with Crippen molar-refractivity contribution >= 4 is 17.4 Å². The maximum atomic E-state index is 13.0. The van der Waals surface area contributed by atoms with Crippen molar-refractivity contribution in [1.29, 1.82) is 5.41 Å². The second-order valence-electron chi connectivity index (χ2n) is 4.18. The van der Waals surface area contributed by atoms with Crippen molar-refractivity contribution in [2.75, 3.05) is 0 Å². The lowest BCUT2D eigenvalue weighted by Crippen LogP contribution is -2.16. The Balaban J connectivity index is 2.48. The molecule has 1 aromatic carbocycles. The van der Waals surface area contributed by atoms with Crippen LogP contribution in [0.1, 0.15) is 16.8 Å². The van der Waals surface area contributed by atoms with Crippen LogP contribution in [0, 0.1) is 25.1 Å². The first kappa shape index (κ1) is 14.2. The number of amidine groups is 1. The van der Waals surface area contributed by atoms with E-state index in [-0.39, 0.29) is 22.5 Å². The van der Waals surface area contributed by atoms with Gasteiger partial charge in [-0.2, -0.15) is 5.10 Å². The van der Waals surface area contributed by atoms with E-state index in [2.05, 4.69) is 10.2 Å². The molecule has 0 bridgehead atoms. The summed E-state index contributed by atoms with van der Waals surface area (Å²) in [6, 6.07) is 3.71. The Bertz CT molecular complexity index is 690. The Morgan fingerprint density at radius 2 is 2.05 bits per heavy atom. The molecule has 0 aliphatic rings. The van der Waals surface area contributed by atoms with E-state index < -0.39 is 5.82 Å². The van der Waals surface area contributed by atoms with Crippen molar-refractivity contribution in [2.45, 2.75) is 13.8 Å². The smallest absolute Gasteiger partial charge is 0.250 e.